The van der Waals surface area contributed by atoms with Crippen molar-refractivity contribution >= 4 is 11.0 Å². The summed E-state index contributed by atoms with van der Waals surface area (Å²) in [5, 5.41) is 11.7. The molecule has 9 rings (SSSR count). The van der Waals surface area contributed by atoms with Gasteiger partial charge >= 0.3 is 0 Å². The van der Waals surface area contributed by atoms with Crippen molar-refractivity contribution in [2.75, 3.05) is 0 Å². The fourth-order valence-electron chi connectivity index (χ4n) is 7.51. The second-order valence-electron chi connectivity index (χ2n) is 13.2. The molecule has 4 nitrogen and oxygen atoms in total. The standard InChI is InChI=1S/C45H33N3O/c1-45(2)38-21-10-9-19-35(38)36-27-37(42(49)28-39(36)45)44-47-43-34(20-12-22-41(43)48(44)33-17-7-4-8-18-33)31-15-11-16-32(25-31)40-26-30(23-24-46-40)29-13-5-3-6-14-29/h3-28,49H,1-2H3. The summed E-state index contributed by atoms with van der Waals surface area (Å²) in [5.74, 6) is 0.921. The summed E-state index contributed by atoms with van der Waals surface area (Å²) in [5.41, 5.74) is 14.3. The third kappa shape index (κ3) is 4.68. The van der Waals surface area contributed by atoms with E-state index >= 15 is 0 Å². The average molecular weight is 632 g/mol. The highest BCUT2D eigenvalue weighted by Crippen LogP contribution is 2.52. The van der Waals surface area contributed by atoms with Gasteiger partial charge in [0.1, 0.15) is 11.6 Å². The van der Waals surface area contributed by atoms with Gasteiger partial charge in [-0.15, -0.1) is 0 Å². The molecule has 8 aromatic rings. The quantitative estimate of drug-likeness (QED) is 0.206. The number of hydrogen-bond donors (Lipinski definition) is 1. The Hall–Kier alpha value is -6.26. The normalized spacial score (nSPS) is 12.9. The first-order valence-corrected chi connectivity index (χ1v) is 16.6. The SMILES string of the molecule is CC1(C)c2ccccc2-c2cc(-c3nc4c(-c5cccc(-c6cc(-c7ccccc7)ccn6)c5)cccc4n3-c3ccccc3)c(O)cc21. The van der Waals surface area contributed by atoms with Crippen LogP contribution in [0.25, 0.3) is 72.7 Å². The van der Waals surface area contributed by atoms with Gasteiger partial charge in [0.25, 0.3) is 0 Å². The summed E-state index contributed by atoms with van der Waals surface area (Å²) < 4.78 is 2.17. The highest BCUT2D eigenvalue weighted by molar-refractivity contribution is 5.97. The Balaban J connectivity index is 1.23. The van der Waals surface area contributed by atoms with Crippen molar-refractivity contribution in [3.8, 4) is 67.5 Å². The van der Waals surface area contributed by atoms with Crippen LogP contribution >= 0.6 is 0 Å². The van der Waals surface area contributed by atoms with E-state index < -0.39 is 0 Å². The highest BCUT2D eigenvalue weighted by atomic mass is 16.3. The number of para-hydroxylation sites is 2. The van der Waals surface area contributed by atoms with Crippen LogP contribution in [0, 0.1) is 0 Å². The fraction of sp³-hybridized carbons (Fsp3) is 0.0667. The Kier molecular flexibility index (Phi) is 6.60. The Labute approximate surface area is 285 Å². The van der Waals surface area contributed by atoms with Crippen molar-refractivity contribution in [1.29, 1.82) is 0 Å². The number of aromatic hydroxyl groups is 1. The Morgan fingerprint density at radius 2 is 1.22 bits per heavy atom. The smallest absolute Gasteiger partial charge is 0.149 e. The molecule has 234 valence electrons. The summed E-state index contributed by atoms with van der Waals surface area (Å²) in [6.45, 7) is 4.45. The monoisotopic (exact) mass is 631 g/mol. The molecule has 0 amide bonds. The van der Waals surface area contributed by atoms with E-state index in [0.717, 1.165) is 61.4 Å². The maximum Gasteiger partial charge on any atom is 0.149 e. The molecule has 0 bridgehead atoms. The molecule has 4 heteroatoms. The molecular weight excluding hydrogens is 599 g/mol. The molecule has 1 aliphatic carbocycles. The van der Waals surface area contributed by atoms with Crippen molar-refractivity contribution in [2.45, 2.75) is 19.3 Å². The predicted molar refractivity (Wildman–Crippen MR) is 200 cm³/mol. The van der Waals surface area contributed by atoms with Gasteiger partial charge in [-0.25, -0.2) is 4.98 Å². The molecule has 0 spiro atoms. The predicted octanol–water partition coefficient (Wildman–Crippen LogP) is 11.1. The first-order valence-electron chi connectivity index (χ1n) is 16.6. The van der Waals surface area contributed by atoms with Crippen molar-refractivity contribution in [1.82, 2.24) is 14.5 Å². The molecule has 0 atom stereocenters. The van der Waals surface area contributed by atoms with Gasteiger partial charge in [0.15, 0.2) is 0 Å². The van der Waals surface area contributed by atoms with Gasteiger partial charge in [-0.2, -0.15) is 0 Å². The van der Waals surface area contributed by atoms with E-state index in [0.29, 0.717) is 11.4 Å². The van der Waals surface area contributed by atoms with Crippen LogP contribution in [-0.2, 0) is 5.41 Å². The van der Waals surface area contributed by atoms with Crippen molar-refractivity contribution in [2.24, 2.45) is 0 Å². The first-order chi connectivity index (χ1) is 24.0. The molecule has 1 N–H and O–H groups in total. The van der Waals surface area contributed by atoms with E-state index in [1.807, 2.05) is 36.5 Å². The third-order valence-corrected chi connectivity index (χ3v) is 9.98. The molecule has 0 fully saturated rings. The number of benzene rings is 6. The van der Waals surface area contributed by atoms with Crippen LogP contribution in [0.5, 0.6) is 5.75 Å². The Morgan fingerprint density at radius 3 is 2.06 bits per heavy atom. The lowest BCUT2D eigenvalue weighted by molar-refractivity contribution is 0.474. The maximum atomic E-state index is 11.7. The number of aromatic nitrogens is 3. The molecule has 6 aromatic carbocycles. The zero-order chi connectivity index (χ0) is 33.1. The van der Waals surface area contributed by atoms with Crippen LogP contribution in [0.3, 0.4) is 0 Å². The molecule has 2 heterocycles. The van der Waals surface area contributed by atoms with Gasteiger partial charge in [-0.1, -0.05) is 117 Å². The summed E-state index contributed by atoms with van der Waals surface area (Å²) in [7, 11) is 0. The lowest BCUT2D eigenvalue weighted by Gasteiger charge is -2.22. The Morgan fingerprint density at radius 1 is 0.531 bits per heavy atom. The van der Waals surface area contributed by atoms with Crippen LogP contribution in [0.2, 0.25) is 0 Å². The van der Waals surface area contributed by atoms with Gasteiger partial charge in [0.2, 0.25) is 0 Å². The summed E-state index contributed by atoms with van der Waals surface area (Å²) >= 11 is 0. The zero-order valence-corrected chi connectivity index (χ0v) is 27.3. The number of phenolic OH excluding ortho intramolecular Hbond substituents is 1. The van der Waals surface area contributed by atoms with Crippen LogP contribution in [0.15, 0.2) is 158 Å². The number of hydrogen-bond acceptors (Lipinski definition) is 3. The Bertz CT molecular complexity index is 2530. The van der Waals surface area contributed by atoms with E-state index in [4.69, 9.17) is 9.97 Å². The number of imidazole rings is 1. The summed E-state index contributed by atoms with van der Waals surface area (Å²) in [4.78, 5) is 10.1. The van der Waals surface area contributed by atoms with Crippen molar-refractivity contribution in [3.63, 3.8) is 0 Å². The average Bonchev–Trinajstić information content (AvgIpc) is 3.64. The molecule has 0 unspecified atom stereocenters. The summed E-state index contributed by atoms with van der Waals surface area (Å²) in [6, 6.07) is 52.3. The molecule has 0 saturated heterocycles. The highest BCUT2D eigenvalue weighted by Gasteiger charge is 2.36. The lowest BCUT2D eigenvalue weighted by Crippen LogP contribution is -2.14. The lowest BCUT2D eigenvalue weighted by atomic mass is 9.82. The van der Waals surface area contributed by atoms with E-state index in [1.165, 1.54) is 11.1 Å². The van der Waals surface area contributed by atoms with E-state index in [9.17, 15) is 5.11 Å². The van der Waals surface area contributed by atoms with Gasteiger partial charge in [0, 0.05) is 28.4 Å². The number of rotatable bonds is 5. The van der Waals surface area contributed by atoms with Crippen LogP contribution in [0.1, 0.15) is 25.0 Å². The van der Waals surface area contributed by atoms with Crippen LogP contribution in [-0.4, -0.2) is 19.6 Å². The number of pyridine rings is 1. The molecule has 0 saturated carbocycles. The minimum absolute atomic E-state index is 0.213. The molecule has 1 aliphatic rings. The van der Waals surface area contributed by atoms with Crippen molar-refractivity contribution in [3.05, 3.63) is 169 Å². The minimum Gasteiger partial charge on any atom is -0.507 e. The minimum atomic E-state index is -0.213. The van der Waals surface area contributed by atoms with Crippen molar-refractivity contribution < 1.29 is 5.11 Å². The van der Waals surface area contributed by atoms with Gasteiger partial charge in [0.05, 0.1) is 22.3 Å². The van der Waals surface area contributed by atoms with E-state index in [1.54, 1.807) is 0 Å². The second-order valence-corrected chi connectivity index (χ2v) is 13.2. The molecule has 49 heavy (non-hydrogen) atoms. The second kappa shape index (κ2) is 11.2. The van der Waals surface area contributed by atoms with Gasteiger partial charge in [-0.3, -0.25) is 9.55 Å². The van der Waals surface area contributed by atoms with E-state index in [-0.39, 0.29) is 11.2 Å². The fourth-order valence-corrected chi connectivity index (χ4v) is 7.51. The molecule has 0 aliphatic heterocycles. The van der Waals surface area contributed by atoms with Gasteiger partial charge < -0.3 is 5.11 Å². The van der Waals surface area contributed by atoms with Crippen LogP contribution in [0.4, 0.5) is 0 Å². The maximum absolute atomic E-state index is 11.7. The van der Waals surface area contributed by atoms with Gasteiger partial charge in [-0.05, 0) is 87.5 Å². The third-order valence-electron chi connectivity index (χ3n) is 9.98. The summed E-state index contributed by atoms with van der Waals surface area (Å²) in [6.07, 6.45) is 1.88. The number of phenols is 1. The largest absolute Gasteiger partial charge is 0.507 e. The number of fused-ring (bicyclic) bond motifs is 4. The molecule has 2 aromatic heterocycles. The molecule has 0 radical (unpaired) electrons. The van der Waals surface area contributed by atoms with E-state index in [2.05, 4.69) is 140 Å². The zero-order valence-electron chi connectivity index (χ0n) is 27.3. The topological polar surface area (TPSA) is 50.9 Å². The number of nitrogens with zero attached hydrogens (tertiary/aromatic N) is 3. The first kappa shape index (κ1) is 28.9. The molecular formula is C45H33N3O. The van der Waals surface area contributed by atoms with Crippen LogP contribution < -0.4 is 0 Å².